The second-order valence-electron chi connectivity index (χ2n) is 5.82. The zero-order chi connectivity index (χ0) is 15.6. The molecule has 0 bridgehead atoms. The van der Waals surface area contributed by atoms with Crippen LogP contribution in [-0.4, -0.2) is 20.3 Å². The van der Waals surface area contributed by atoms with E-state index in [1.54, 1.807) is 24.3 Å². The van der Waals surface area contributed by atoms with Crippen LogP contribution in [0.3, 0.4) is 0 Å². The van der Waals surface area contributed by atoms with Gasteiger partial charge in [0.15, 0.2) is 0 Å². The highest BCUT2D eigenvalue weighted by Gasteiger charge is 2.21. The Morgan fingerprint density at radius 1 is 0.952 bits per heavy atom. The van der Waals surface area contributed by atoms with Gasteiger partial charge in [-0.05, 0) is 54.7 Å². The molecule has 0 saturated carbocycles. The van der Waals surface area contributed by atoms with Crippen molar-refractivity contribution in [3.63, 3.8) is 0 Å². The fourth-order valence-corrected chi connectivity index (χ4v) is 2.59. The summed E-state index contributed by atoms with van der Waals surface area (Å²) in [5.41, 5.74) is 0.533. The topological polar surface area (TPSA) is 52.6 Å². The molecule has 0 unspecified atom stereocenters. The first kappa shape index (κ1) is 15.2. The van der Waals surface area contributed by atoms with Crippen molar-refractivity contribution in [3.8, 4) is 5.75 Å². The molecule has 2 aromatic rings. The Hall–Kier alpha value is -2.14. The molecule has 0 radical (unpaired) electrons. The van der Waals surface area contributed by atoms with Gasteiger partial charge in [-0.1, -0.05) is 12.1 Å². The van der Waals surface area contributed by atoms with Gasteiger partial charge in [0.2, 0.25) is 8.32 Å². The molecule has 0 aliphatic rings. The lowest BCUT2D eigenvalue weighted by Gasteiger charge is -2.17. The van der Waals surface area contributed by atoms with Crippen LogP contribution in [0.1, 0.15) is 17.3 Å². The summed E-state index contributed by atoms with van der Waals surface area (Å²) in [4.78, 5) is 23.0. The van der Waals surface area contributed by atoms with Crippen LogP contribution in [0.4, 0.5) is 0 Å². The summed E-state index contributed by atoms with van der Waals surface area (Å²) in [6, 6.07) is 10.6. The minimum Gasteiger partial charge on any atom is -0.516 e. The van der Waals surface area contributed by atoms with Crippen LogP contribution in [0.2, 0.25) is 19.6 Å². The number of carbonyl (C=O) groups is 2. The van der Waals surface area contributed by atoms with Gasteiger partial charge in [-0.3, -0.25) is 4.79 Å². The van der Waals surface area contributed by atoms with Gasteiger partial charge in [0, 0.05) is 6.92 Å². The van der Waals surface area contributed by atoms with Crippen LogP contribution in [0.15, 0.2) is 36.4 Å². The van der Waals surface area contributed by atoms with Crippen LogP contribution in [0.5, 0.6) is 5.75 Å². The summed E-state index contributed by atoms with van der Waals surface area (Å²) in [5, 5.41) is 1.80. The van der Waals surface area contributed by atoms with Gasteiger partial charge >= 0.3 is 11.9 Å². The summed E-state index contributed by atoms with van der Waals surface area (Å²) in [6.07, 6.45) is 0. The van der Waals surface area contributed by atoms with Crippen molar-refractivity contribution in [1.82, 2.24) is 0 Å². The average molecular weight is 302 g/mol. The van der Waals surface area contributed by atoms with E-state index in [4.69, 9.17) is 9.16 Å². The van der Waals surface area contributed by atoms with Crippen molar-refractivity contribution in [3.05, 3.63) is 42.0 Å². The molecule has 0 spiro atoms. The van der Waals surface area contributed by atoms with Gasteiger partial charge in [0.25, 0.3) is 0 Å². The number of benzene rings is 2. The van der Waals surface area contributed by atoms with Gasteiger partial charge in [-0.15, -0.1) is 0 Å². The van der Waals surface area contributed by atoms with Crippen molar-refractivity contribution in [2.75, 3.05) is 0 Å². The Kier molecular flexibility index (Phi) is 4.13. The second-order valence-corrected chi connectivity index (χ2v) is 10.2. The van der Waals surface area contributed by atoms with Crippen LogP contribution in [0, 0.1) is 0 Å². The van der Waals surface area contributed by atoms with Gasteiger partial charge in [0.05, 0.1) is 5.56 Å². The van der Waals surface area contributed by atoms with Crippen molar-refractivity contribution in [2.24, 2.45) is 0 Å². The number of hydrogen-bond acceptors (Lipinski definition) is 4. The van der Waals surface area contributed by atoms with Crippen LogP contribution >= 0.6 is 0 Å². The van der Waals surface area contributed by atoms with Crippen molar-refractivity contribution in [2.45, 2.75) is 26.6 Å². The van der Waals surface area contributed by atoms with Gasteiger partial charge in [0.1, 0.15) is 5.75 Å². The van der Waals surface area contributed by atoms with Gasteiger partial charge in [-0.25, -0.2) is 4.79 Å². The predicted molar refractivity (Wildman–Crippen MR) is 84.0 cm³/mol. The molecule has 0 saturated heterocycles. The minimum absolute atomic E-state index is 0.292. The molecule has 110 valence electrons. The average Bonchev–Trinajstić information content (AvgIpc) is 2.35. The highest BCUT2D eigenvalue weighted by atomic mass is 28.4. The molecule has 0 amide bonds. The molecule has 0 atom stereocenters. The maximum atomic E-state index is 12.1. The highest BCUT2D eigenvalue weighted by Crippen LogP contribution is 2.23. The lowest BCUT2D eigenvalue weighted by Crippen LogP contribution is -2.29. The Balaban J connectivity index is 2.30. The first-order valence-corrected chi connectivity index (χ1v) is 10.1. The molecule has 0 N–H and O–H groups in total. The van der Waals surface area contributed by atoms with E-state index in [0.717, 1.165) is 10.8 Å². The second kappa shape index (κ2) is 5.69. The summed E-state index contributed by atoms with van der Waals surface area (Å²) < 4.78 is 10.5. The van der Waals surface area contributed by atoms with Crippen molar-refractivity contribution in [1.29, 1.82) is 0 Å². The van der Waals surface area contributed by atoms with Crippen LogP contribution < -0.4 is 4.74 Å². The minimum atomic E-state index is -1.90. The number of carbonyl (C=O) groups excluding carboxylic acids is 2. The molecular formula is C16H18O4Si. The van der Waals surface area contributed by atoms with Crippen molar-refractivity contribution < 1.29 is 18.8 Å². The quantitative estimate of drug-likeness (QED) is 0.492. The first-order chi connectivity index (χ1) is 9.74. The first-order valence-electron chi connectivity index (χ1n) is 6.70. The number of fused-ring (bicyclic) bond motifs is 1. The Morgan fingerprint density at radius 2 is 1.57 bits per heavy atom. The monoisotopic (exact) mass is 302 g/mol. The smallest absolute Gasteiger partial charge is 0.324 e. The number of esters is 1. The zero-order valence-corrected chi connectivity index (χ0v) is 13.6. The third-order valence-electron chi connectivity index (χ3n) is 2.71. The van der Waals surface area contributed by atoms with E-state index in [0.29, 0.717) is 11.3 Å². The molecule has 21 heavy (non-hydrogen) atoms. The van der Waals surface area contributed by atoms with E-state index in [-0.39, 0.29) is 11.9 Å². The summed E-state index contributed by atoms with van der Waals surface area (Å²) in [5.74, 6) is -0.155. The molecule has 4 nitrogen and oxygen atoms in total. The SMILES string of the molecule is CC(=O)Oc1ccc2cc(C(=O)O[Si](C)(C)C)ccc2c1. The summed E-state index contributed by atoms with van der Waals surface area (Å²) >= 11 is 0. The zero-order valence-electron chi connectivity index (χ0n) is 12.6. The number of ether oxygens (including phenoxy) is 1. The van der Waals surface area contributed by atoms with Crippen molar-refractivity contribution >= 4 is 31.0 Å². The molecule has 2 rings (SSSR count). The molecule has 5 heteroatoms. The fourth-order valence-electron chi connectivity index (χ4n) is 1.92. The van der Waals surface area contributed by atoms with Crippen LogP contribution in [0.25, 0.3) is 10.8 Å². The van der Waals surface area contributed by atoms with Gasteiger partial charge in [-0.2, -0.15) is 0 Å². The number of rotatable bonds is 3. The normalized spacial score (nSPS) is 11.2. The standard InChI is InChI=1S/C16H18O4Si/c1-11(17)19-15-8-7-12-9-14(6-5-13(12)10-15)16(18)20-21(2,3)4/h5-10H,1-4H3. The van der Waals surface area contributed by atoms with E-state index in [9.17, 15) is 9.59 Å². The molecule has 0 aromatic heterocycles. The molecule has 0 heterocycles. The predicted octanol–water partition coefficient (Wildman–Crippen LogP) is 3.76. The third kappa shape index (κ3) is 4.16. The highest BCUT2D eigenvalue weighted by molar-refractivity contribution is 6.71. The Bertz CT molecular complexity index is 701. The lowest BCUT2D eigenvalue weighted by molar-refractivity contribution is -0.131. The fraction of sp³-hybridized carbons (Fsp3) is 0.250. The maximum absolute atomic E-state index is 12.1. The molecule has 0 aliphatic heterocycles. The molecular weight excluding hydrogens is 284 g/mol. The third-order valence-corrected chi connectivity index (χ3v) is 3.51. The molecule has 2 aromatic carbocycles. The molecule has 0 aliphatic carbocycles. The Morgan fingerprint density at radius 3 is 2.19 bits per heavy atom. The van der Waals surface area contributed by atoms with E-state index in [2.05, 4.69) is 0 Å². The van der Waals surface area contributed by atoms with E-state index in [1.165, 1.54) is 6.92 Å². The Labute approximate surface area is 124 Å². The lowest BCUT2D eigenvalue weighted by atomic mass is 10.1. The largest absolute Gasteiger partial charge is 0.516 e. The number of hydrogen-bond donors (Lipinski definition) is 0. The summed E-state index contributed by atoms with van der Waals surface area (Å²) in [6.45, 7) is 7.27. The van der Waals surface area contributed by atoms with E-state index < -0.39 is 8.32 Å². The van der Waals surface area contributed by atoms with Gasteiger partial charge < -0.3 is 9.16 Å². The van der Waals surface area contributed by atoms with Crippen LogP contribution in [-0.2, 0) is 9.22 Å². The molecule has 0 fully saturated rings. The summed E-state index contributed by atoms with van der Waals surface area (Å²) in [7, 11) is -1.90. The van der Waals surface area contributed by atoms with E-state index >= 15 is 0 Å². The maximum Gasteiger partial charge on any atom is 0.324 e. The van der Waals surface area contributed by atoms with E-state index in [1.807, 2.05) is 31.8 Å².